The summed E-state index contributed by atoms with van der Waals surface area (Å²) in [6.07, 6.45) is 0. The highest BCUT2D eigenvalue weighted by atomic mass is 16.5. The first kappa shape index (κ1) is 18.6. The van der Waals surface area contributed by atoms with Gasteiger partial charge in [-0.3, -0.25) is 4.79 Å². The van der Waals surface area contributed by atoms with Gasteiger partial charge in [0.15, 0.2) is 0 Å². The molecule has 2 aromatic rings. The average molecular weight is 370 g/mol. The van der Waals surface area contributed by atoms with Gasteiger partial charge in [-0.25, -0.2) is 4.79 Å². The number of rotatable bonds is 5. The van der Waals surface area contributed by atoms with Crippen molar-refractivity contribution in [3.63, 3.8) is 0 Å². The third kappa shape index (κ3) is 3.81. The second-order valence-electron chi connectivity index (χ2n) is 6.17. The van der Waals surface area contributed by atoms with Crippen LogP contribution < -0.4 is 14.4 Å². The van der Waals surface area contributed by atoms with E-state index in [1.807, 2.05) is 18.2 Å². The molecule has 1 saturated heterocycles. The Morgan fingerprint density at radius 3 is 2.19 bits per heavy atom. The van der Waals surface area contributed by atoms with Gasteiger partial charge < -0.3 is 24.4 Å². The predicted octanol–water partition coefficient (Wildman–Crippen LogP) is 2.36. The molecule has 7 nitrogen and oxygen atoms in total. The molecule has 27 heavy (non-hydrogen) atoms. The number of ether oxygens (including phenoxy) is 2. The summed E-state index contributed by atoms with van der Waals surface area (Å²) >= 11 is 0. The number of benzene rings is 2. The van der Waals surface area contributed by atoms with Crippen LogP contribution in [0.2, 0.25) is 0 Å². The fourth-order valence-corrected chi connectivity index (χ4v) is 3.22. The molecule has 1 aliphatic heterocycles. The standard InChI is InChI=1S/C20H22N2O5/c1-26-14-7-8-17(18(13-14)27-2)21-9-11-22(12-10-21)19(23)15-5-3-4-6-16(15)20(24)25/h3-8,13H,9-12H2,1-2H3,(H,24,25). The number of amides is 1. The van der Waals surface area contributed by atoms with Gasteiger partial charge in [0.1, 0.15) is 11.5 Å². The van der Waals surface area contributed by atoms with Gasteiger partial charge in [0.25, 0.3) is 5.91 Å². The molecule has 1 aliphatic rings. The summed E-state index contributed by atoms with van der Waals surface area (Å²) in [5.41, 5.74) is 1.19. The number of carbonyl (C=O) groups is 2. The van der Waals surface area contributed by atoms with E-state index in [4.69, 9.17) is 9.47 Å². The Morgan fingerprint density at radius 1 is 0.926 bits per heavy atom. The van der Waals surface area contributed by atoms with Crippen LogP contribution in [0.5, 0.6) is 11.5 Å². The summed E-state index contributed by atoms with van der Waals surface area (Å²) < 4.78 is 10.7. The number of piperazine rings is 1. The third-order valence-corrected chi connectivity index (χ3v) is 4.68. The van der Waals surface area contributed by atoms with Gasteiger partial charge in [-0.2, -0.15) is 0 Å². The number of carboxylic acids is 1. The smallest absolute Gasteiger partial charge is 0.336 e. The van der Waals surface area contributed by atoms with Crippen molar-refractivity contribution in [3.05, 3.63) is 53.6 Å². The van der Waals surface area contributed by atoms with Crippen molar-refractivity contribution in [2.45, 2.75) is 0 Å². The van der Waals surface area contributed by atoms with Crippen LogP contribution in [0.3, 0.4) is 0 Å². The van der Waals surface area contributed by atoms with E-state index in [9.17, 15) is 14.7 Å². The van der Waals surface area contributed by atoms with E-state index in [0.29, 0.717) is 31.9 Å². The Morgan fingerprint density at radius 2 is 1.59 bits per heavy atom. The van der Waals surface area contributed by atoms with E-state index in [2.05, 4.69) is 4.90 Å². The number of hydrogen-bond acceptors (Lipinski definition) is 5. The third-order valence-electron chi connectivity index (χ3n) is 4.68. The van der Waals surface area contributed by atoms with E-state index in [1.54, 1.807) is 37.3 Å². The van der Waals surface area contributed by atoms with Crippen LogP contribution in [0.4, 0.5) is 5.69 Å². The molecule has 1 heterocycles. The molecule has 0 radical (unpaired) electrons. The largest absolute Gasteiger partial charge is 0.497 e. The lowest BCUT2D eigenvalue weighted by molar-refractivity contribution is 0.0673. The van der Waals surface area contributed by atoms with E-state index < -0.39 is 5.97 Å². The molecule has 0 saturated carbocycles. The van der Waals surface area contributed by atoms with Gasteiger partial charge in [-0.05, 0) is 24.3 Å². The number of methoxy groups -OCH3 is 2. The molecule has 0 aliphatic carbocycles. The number of carbonyl (C=O) groups excluding carboxylic acids is 1. The quantitative estimate of drug-likeness (QED) is 0.870. The zero-order chi connectivity index (χ0) is 19.4. The lowest BCUT2D eigenvalue weighted by atomic mass is 10.1. The summed E-state index contributed by atoms with van der Waals surface area (Å²) in [7, 11) is 3.22. The van der Waals surface area contributed by atoms with Crippen LogP contribution in [0.25, 0.3) is 0 Å². The molecule has 2 aromatic carbocycles. The van der Waals surface area contributed by atoms with Gasteiger partial charge in [0, 0.05) is 32.2 Å². The molecule has 142 valence electrons. The molecular formula is C20H22N2O5. The van der Waals surface area contributed by atoms with Crippen molar-refractivity contribution in [1.82, 2.24) is 4.90 Å². The first-order valence-electron chi connectivity index (χ1n) is 8.63. The number of aromatic carboxylic acids is 1. The zero-order valence-corrected chi connectivity index (χ0v) is 15.3. The fraction of sp³-hybridized carbons (Fsp3) is 0.300. The summed E-state index contributed by atoms with van der Waals surface area (Å²) in [6.45, 7) is 2.26. The Hall–Kier alpha value is -3.22. The summed E-state index contributed by atoms with van der Waals surface area (Å²) in [6, 6.07) is 12.0. The maximum absolute atomic E-state index is 12.8. The van der Waals surface area contributed by atoms with Gasteiger partial charge in [0.2, 0.25) is 0 Å². The average Bonchev–Trinajstić information content (AvgIpc) is 2.72. The minimum absolute atomic E-state index is 0.0294. The Bertz CT molecular complexity index is 844. The topological polar surface area (TPSA) is 79.3 Å². The second kappa shape index (κ2) is 7.99. The number of nitrogens with zero attached hydrogens (tertiary/aromatic N) is 2. The van der Waals surface area contributed by atoms with E-state index in [1.165, 1.54) is 6.07 Å². The highest BCUT2D eigenvalue weighted by Gasteiger charge is 2.26. The molecule has 7 heteroatoms. The van der Waals surface area contributed by atoms with Crippen LogP contribution >= 0.6 is 0 Å². The normalized spacial score (nSPS) is 14.0. The molecule has 0 aromatic heterocycles. The van der Waals surface area contributed by atoms with Crippen LogP contribution in [0, 0.1) is 0 Å². The van der Waals surface area contributed by atoms with Crippen molar-refractivity contribution >= 4 is 17.6 Å². The second-order valence-corrected chi connectivity index (χ2v) is 6.17. The molecule has 1 fully saturated rings. The first-order chi connectivity index (χ1) is 13.0. The predicted molar refractivity (Wildman–Crippen MR) is 101 cm³/mol. The Balaban J connectivity index is 1.73. The van der Waals surface area contributed by atoms with Crippen LogP contribution in [-0.2, 0) is 0 Å². The van der Waals surface area contributed by atoms with Crippen molar-refractivity contribution in [2.24, 2.45) is 0 Å². The van der Waals surface area contributed by atoms with Crippen LogP contribution in [-0.4, -0.2) is 62.3 Å². The van der Waals surface area contributed by atoms with Crippen molar-refractivity contribution in [2.75, 3.05) is 45.3 Å². The highest BCUT2D eigenvalue weighted by molar-refractivity contribution is 6.04. The highest BCUT2D eigenvalue weighted by Crippen LogP contribution is 2.32. The maximum atomic E-state index is 12.8. The summed E-state index contributed by atoms with van der Waals surface area (Å²) in [4.78, 5) is 28.0. The fourth-order valence-electron chi connectivity index (χ4n) is 3.22. The van der Waals surface area contributed by atoms with E-state index >= 15 is 0 Å². The van der Waals surface area contributed by atoms with Crippen LogP contribution in [0.1, 0.15) is 20.7 Å². The lowest BCUT2D eigenvalue weighted by Gasteiger charge is -2.36. The Kier molecular flexibility index (Phi) is 5.49. The summed E-state index contributed by atoms with van der Waals surface area (Å²) in [5.74, 6) is 0.0786. The molecule has 3 rings (SSSR count). The van der Waals surface area contributed by atoms with Gasteiger partial charge in [-0.15, -0.1) is 0 Å². The minimum Gasteiger partial charge on any atom is -0.497 e. The minimum atomic E-state index is -1.10. The van der Waals surface area contributed by atoms with Gasteiger partial charge >= 0.3 is 5.97 Å². The van der Waals surface area contributed by atoms with Crippen molar-refractivity contribution in [1.29, 1.82) is 0 Å². The van der Waals surface area contributed by atoms with Gasteiger partial charge in [-0.1, -0.05) is 12.1 Å². The lowest BCUT2D eigenvalue weighted by Crippen LogP contribution is -2.49. The molecular weight excluding hydrogens is 348 g/mol. The van der Waals surface area contributed by atoms with E-state index in [0.717, 1.165) is 11.4 Å². The molecule has 0 bridgehead atoms. The molecule has 1 amide bonds. The molecule has 0 atom stereocenters. The summed E-state index contributed by atoms with van der Waals surface area (Å²) in [5, 5.41) is 9.30. The number of carboxylic acid groups (broad SMARTS) is 1. The molecule has 0 spiro atoms. The van der Waals surface area contributed by atoms with Crippen molar-refractivity contribution in [3.8, 4) is 11.5 Å². The number of anilines is 1. The SMILES string of the molecule is COc1ccc(N2CCN(C(=O)c3ccccc3C(=O)O)CC2)c(OC)c1. The number of hydrogen-bond donors (Lipinski definition) is 1. The van der Waals surface area contributed by atoms with Gasteiger partial charge in [0.05, 0.1) is 31.0 Å². The maximum Gasteiger partial charge on any atom is 0.336 e. The van der Waals surface area contributed by atoms with Crippen molar-refractivity contribution < 1.29 is 24.2 Å². The molecule has 1 N–H and O–H groups in total. The van der Waals surface area contributed by atoms with E-state index in [-0.39, 0.29) is 17.0 Å². The van der Waals surface area contributed by atoms with Crippen LogP contribution in [0.15, 0.2) is 42.5 Å². The molecule has 0 unspecified atom stereocenters. The zero-order valence-electron chi connectivity index (χ0n) is 15.3. The Labute approximate surface area is 157 Å². The monoisotopic (exact) mass is 370 g/mol. The first-order valence-corrected chi connectivity index (χ1v) is 8.63.